The molecule has 0 aromatic heterocycles. The maximum Gasteiger partial charge on any atom is 0.165 e. The van der Waals surface area contributed by atoms with Gasteiger partial charge < -0.3 is 20.1 Å². The van der Waals surface area contributed by atoms with Gasteiger partial charge in [0.15, 0.2) is 11.5 Å². The monoisotopic (exact) mass is 266 g/mol. The fourth-order valence-corrected chi connectivity index (χ4v) is 1.97. The van der Waals surface area contributed by atoms with Crippen LogP contribution in [0.1, 0.15) is 26.3 Å². The molecule has 108 valence electrons. The molecule has 0 heterocycles. The molecule has 0 saturated carbocycles. The van der Waals surface area contributed by atoms with Gasteiger partial charge in [0.1, 0.15) is 6.61 Å². The maximum atomic E-state index is 5.90. The summed E-state index contributed by atoms with van der Waals surface area (Å²) in [7, 11) is 0. The largest absolute Gasteiger partial charge is 0.490 e. The molecule has 4 nitrogen and oxygen atoms in total. The fraction of sp³-hybridized carbons (Fsp3) is 0.600. The van der Waals surface area contributed by atoms with Crippen LogP contribution >= 0.6 is 0 Å². The standard InChI is InChI=1S/C15H26N2O2/c1-4-17(5-2)10-11-19-15-13(12-16)8-7-9-14(15)18-6-3/h7-9H,4-6,10-12,16H2,1-3H3. The molecular formula is C15H26N2O2. The second kappa shape index (κ2) is 8.77. The average Bonchev–Trinajstić information content (AvgIpc) is 2.45. The Morgan fingerprint density at radius 3 is 2.42 bits per heavy atom. The van der Waals surface area contributed by atoms with Gasteiger partial charge in [0.25, 0.3) is 0 Å². The van der Waals surface area contributed by atoms with Crippen molar-refractivity contribution in [1.82, 2.24) is 4.90 Å². The highest BCUT2D eigenvalue weighted by atomic mass is 16.5. The van der Waals surface area contributed by atoms with Gasteiger partial charge >= 0.3 is 0 Å². The minimum absolute atomic E-state index is 0.460. The number of rotatable bonds is 9. The first-order valence-corrected chi connectivity index (χ1v) is 7.06. The molecule has 0 fully saturated rings. The van der Waals surface area contributed by atoms with E-state index >= 15 is 0 Å². The molecule has 0 bridgehead atoms. The Morgan fingerprint density at radius 2 is 1.84 bits per heavy atom. The summed E-state index contributed by atoms with van der Waals surface area (Å²) >= 11 is 0. The Balaban J connectivity index is 2.69. The van der Waals surface area contributed by atoms with Gasteiger partial charge in [-0.15, -0.1) is 0 Å². The summed E-state index contributed by atoms with van der Waals surface area (Å²) in [5.74, 6) is 1.57. The van der Waals surface area contributed by atoms with E-state index in [1.807, 2.05) is 25.1 Å². The zero-order valence-electron chi connectivity index (χ0n) is 12.3. The molecule has 1 rings (SSSR count). The number of para-hydroxylation sites is 1. The van der Waals surface area contributed by atoms with Gasteiger partial charge in [0.05, 0.1) is 6.61 Å². The van der Waals surface area contributed by atoms with E-state index < -0.39 is 0 Å². The topological polar surface area (TPSA) is 47.7 Å². The van der Waals surface area contributed by atoms with E-state index in [0.717, 1.165) is 36.7 Å². The Bertz CT molecular complexity index is 365. The summed E-state index contributed by atoms with van der Waals surface area (Å²) in [6.45, 7) is 11.0. The van der Waals surface area contributed by atoms with E-state index in [1.165, 1.54) is 0 Å². The number of benzene rings is 1. The van der Waals surface area contributed by atoms with Crippen molar-refractivity contribution < 1.29 is 9.47 Å². The number of hydrogen-bond donors (Lipinski definition) is 1. The first-order chi connectivity index (χ1) is 9.26. The zero-order chi connectivity index (χ0) is 14.1. The first kappa shape index (κ1) is 15.8. The molecule has 0 saturated heterocycles. The number of likely N-dealkylation sites (N-methyl/N-ethyl adjacent to an activating group) is 1. The summed E-state index contributed by atoms with van der Waals surface area (Å²) in [6, 6.07) is 5.86. The number of nitrogens with zero attached hydrogens (tertiary/aromatic N) is 1. The molecule has 1 aromatic carbocycles. The third-order valence-corrected chi connectivity index (χ3v) is 3.13. The van der Waals surface area contributed by atoms with E-state index in [4.69, 9.17) is 15.2 Å². The van der Waals surface area contributed by atoms with Crippen molar-refractivity contribution in [1.29, 1.82) is 0 Å². The van der Waals surface area contributed by atoms with Crippen molar-refractivity contribution in [3.63, 3.8) is 0 Å². The fourth-order valence-electron chi connectivity index (χ4n) is 1.97. The van der Waals surface area contributed by atoms with Crippen molar-refractivity contribution in [2.75, 3.05) is 32.8 Å². The minimum atomic E-state index is 0.460. The van der Waals surface area contributed by atoms with Crippen LogP contribution in [0.5, 0.6) is 11.5 Å². The molecule has 4 heteroatoms. The highest BCUT2D eigenvalue weighted by Gasteiger charge is 2.10. The normalized spacial score (nSPS) is 10.8. The van der Waals surface area contributed by atoms with Crippen molar-refractivity contribution >= 4 is 0 Å². The highest BCUT2D eigenvalue weighted by molar-refractivity contribution is 5.46. The lowest BCUT2D eigenvalue weighted by Crippen LogP contribution is -2.28. The quantitative estimate of drug-likeness (QED) is 0.745. The molecule has 19 heavy (non-hydrogen) atoms. The summed E-state index contributed by atoms with van der Waals surface area (Å²) < 4.78 is 11.5. The van der Waals surface area contributed by atoms with Gasteiger partial charge in [-0.2, -0.15) is 0 Å². The number of hydrogen-bond acceptors (Lipinski definition) is 4. The number of ether oxygens (including phenoxy) is 2. The third-order valence-electron chi connectivity index (χ3n) is 3.13. The van der Waals surface area contributed by atoms with Crippen LogP contribution in [0.4, 0.5) is 0 Å². The van der Waals surface area contributed by atoms with Gasteiger partial charge in [-0.25, -0.2) is 0 Å². The molecule has 2 N–H and O–H groups in total. The molecule has 1 aromatic rings. The lowest BCUT2D eigenvalue weighted by Gasteiger charge is -2.20. The van der Waals surface area contributed by atoms with E-state index in [9.17, 15) is 0 Å². The maximum absolute atomic E-state index is 5.90. The second-order valence-electron chi connectivity index (χ2n) is 4.26. The molecule has 0 aliphatic rings. The Kier molecular flexibility index (Phi) is 7.30. The van der Waals surface area contributed by atoms with Crippen LogP contribution in [0.25, 0.3) is 0 Å². The molecule has 0 unspecified atom stereocenters. The second-order valence-corrected chi connectivity index (χ2v) is 4.26. The molecule has 0 amide bonds. The molecule has 0 radical (unpaired) electrons. The van der Waals surface area contributed by atoms with Crippen LogP contribution in [0.3, 0.4) is 0 Å². The van der Waals surface area contributed by atoms with Crippen LogP contribution in [0.15, 0.2) is 18.2 Å². The van der Waals surface area contributed by atoms with Gasteiger partial charge in [-0.1, -0.05) is 26.0 Å². The van der Waals surface area contributed by atoms with E-state index in [0.29, 0.717) is 19.8 Å². The lowest BCUT2D eigenvalue weighted by atomic mass is 10.2. The van der Waals surface area contributed by atoms with Crippen molar-refractivity contribution in [2.45, 2.75) is 27.3 Å². The van der Waals surface area contributed by atoms with Crippen LogP contribution in [-0.2, 0) is 6.54 Å². The first-order valence-electron chi connectivity index (χ1n) is 7.06. The molecule has 0 spiro atoms. The number of nitrogens with two attached hydrogens (primary N) is 1. The van der Waals surface area contributed by atoms with Crippen molar-refractivity contribution in [3.05, 3.63) is 23.8 Å². The Labute approximate surface area is 116 Å². The summed E-state index contributed by atoms with van der Waals surface area (Å²) in [5, 5.41) is 0. The smallest absolute Gasteiger partial charge is 0.165 e. The van der Waals surface area contributed by atoms with Crippen LogP contribution < -0.4 is 15.2 Å². The molecular weight excluding hydrogens is 240 g/mol. The Morgan fingerprint density at radius 1 is 1.11 bits per heavy atom. The van der Waals surface area contributed by atoms with Crippen molar-refractivity contribution in [3.8, 4) is 11.5 Å². The lowest BCUT2D eigenvalue weighted by molar-refractivity contribution is 0.213. The summed E-state index contributed by atoms with van der Waals surface area (Å²) in [5.41, 5.74) is 6.74. The average molecular weight is 266 g/mol. The molecule has 0 aliphatic heterocycles. The van der Waals surface area contributed by atoms with E-state index in [1.54, 1.807) is 0 Å². The summed E-state index contributed by atoms with van der Waals surface area (Å²) in [6.07, 6.45) is 0. The SMILES string of the molecule is CCOc1cccc(CN)c1OCCN(CC)CC. The highest BCUT2D eigenvalue weighted by Crippen LogP contribution is 2.31. The summed E-state index contributed by atoms with van der Waals surface area (Å²) in [4.78, 5) is 2.32. The van der Waals surface area contributed by atoms with E-state index in [2.05, 4.69) is 18.7 Å². The van der Waals surface area contributed by atoms with Crippen LogP contribution in [0.2, 0.25) is 0 Å². The van der Waals surface area contributed by atoms with Gasteiger partial charge in [0, 0.05) is 18.7 Å². The molecule has 0 aliphatic carbocycles. The van der Waals surface area contributed by atoms with Gasteiger partial charge in [-0.05, 0) is 26.1 Å². The predicted octanol–water partition coefficient (Wildman–Crippen LogP) is 2.26. The predicted molar refractivity (Wildman–Crippen MR) is 78.8 cm³/mol. The van der Waals surface area contributed by atoms with Gasteiger partial charge in [-0.3, -0.25) is 0 Å². The van der Waals surface area contributed by atoms with Crippen LogP contribution in [-0.4, -0.2) is 37.7 Å². The Hall–Kier alpha value is -1.26. The third kappa shape index (κ3) is 4.73. The molecule has 0 atom stereocenters. The van der Waals surface area contributed by atoms with Gasteiger partial charge in [0.2, 0.25) is 0 Å². The van der Waals surface area contributed by atoms with E-state index in [-0.39, 0.29) is 0 Å². The minimum Gasteiger partial charge on any atom is -0.490 e. The zero-order valence-corrected chi connectivity index (χ0v) is 12.3. The van der Waals surface area contributed by atoms with Crippen LogP contribution in [0, 0.1) is 0 Å². The van der Waals surface area contributed by atoms with Crippen molar-refractivity contribution in [2.24, 2.45) is 5.73 Å².